The van der Waals surface area contributed by atoms with Crippen LogP contribution in [0.1, 0.15) is 45.9 Å². The Bertz CT molecular complexity index is 1680. The van der Waals surface area contributed by atoms with Crippen LogP contribution < -0.4 is 4.74 Å². The Labute approximate surface area is 250 Å². The van der Waals surface area contributed by atoms with Crippen molar-refractivity contribution in [2.45, 2.75) is 37.7 Å². The summed E-state index contributed by atoms with van der Waals surface area (Å²) in [5.74, 6) is -4.76. The molecule has 45 heavy (non-hydrogen) atoms. The highest BCUT2D eigenvalue weighted by molar-refractivity contribution is 5.89. The van der Waals surface area contributed by atoms with E-state index in [0.29, 0.717) is 43.8 Å². The van der Waals surface area contributed by atoms with E-state index in [9.17, 15) is 45.0 Å². The summed E-state index contributed by atoms with van der Waals surface area (Å²) >= 11 is 0. The van der Waals surface area contributed by atoms with E-state index in [2.05, 4.69) is 10.1 Å². The molecule has 1 N–H and O–H groups in total. The molecule has 2 aromatic carbocycles. The minimum absolute atomic E-state index is 0.0724. The van der Waals surface area contributed by atoms with Crippen LogP contribution >= 0.6 is 0 Å². The van der Waals surface area contributed by atoms with Crippen LogP contribution in [-0.2, 0) is 12.8 Å². The molecule has 0 spiro atoms. The molecule has 1 saturated heterocycles. The number of carboxylic acid groups (broad SMARTS) is 1. The van der Waals surface area contributed by atoms with Gasteiger partial charge >= 0.3 is 18.3 Å². The van der Waals surface area contributed by atoms with E-state index >= 15 is 0 Å². The monoisotopic (exact) mass is 640 g/mol. The second kappa shape index (κ2) is 12.5. The van der Waals surface area contributed by atoms with E-state index in [1.165, 1.54) is 17.0 Å². The third-order valence-electron chi connectivity index (χ3n) is 7.33. The third kappa shape index (κ3) is 7.41. The number of piperidine rings is 1. The zero-order valence-electron chi connectivity index (χ0n) is 23.2. The Morgan fingerprint density at radius 3 is 2.29 bits per heavy atom. The van der Waals surface area contributed by atoms with Crippen molar-refractivity contribution in [3.8, 4) is 22.8 Å². The Balaban J connectivity index is 1.35. The minimum atomic E-state index is -5.11. The number of aromatic carboxylic acids is 1. The first-order valence-corrected chi connectivity index (χ1v) is 13.6. The largest absolute Gasteiger partial charge is 0.485 e. The molecule has 1 aliphatic rings. The van der Waals surface area contributed by atoms with Gasteiger partial charge in [-0.25, -0.2) is 23.2 Å². The zero-order valence-corrected chi connectivity index (χ0v) is 23.2. The molecule has 5 rings (SSSR count). The lowest BCUT2D eigenvalue weighted by atomic mass is 9.89. The first-order chi connectivity index (χ1) is 21.2. The number of alkyl halides is 6. The summed E-state index contributed by atoms with van der Waals surface area (Å²) in [5.41, 5.74) is -1.55. The molecule has 1 fully saturated rings. The number of aromatic nitrogens is 3. The number of nitrogens with zero attached hydrogens (tertiary/aromatic N) is 4. The molecule has 7 nitrogen and oxygen atoms in total. The van der Waals surface area contributed by atoms with Gasteiger partial charge in [-0.1, -0.05) is 30.3 Å². The Morgan fingerprint density at radius 2 is 1.67 bits per heavy atom. The standard InChI is InChI=1S/C30H24F8N4O3/c31-20-12-21(24-2-1-3-25(40-24)42-27(30(36,37)38)22(14-39-42)28(43)44)26(23(32)13-20)45-15-17-4-6-18(7-5-17)19-8-10-41(11-9-19)16-29(33,34)35/h1-7,12-14,19H,8-11,15-16H2,(H,43,44). The number of ether oxygens (including phenoxy) is 1. The molecular weight excluding hydrogens is 616 g/mol. The molecule has 0 bridgehead atoms. The quantitative estimate of drug-likeness (QED) is 0.205. The van der Waals surface area contributed by atoms with Crippen molar-refractivity contribution in [3.05, 3.63) is 94.8 Å². The number of likely N-dealkylation sites (tertiary alicyclic amines) is 1. The molecule has 0 unspecified atom stereocenters. The van der Waals surface area contributed by atoms with Crippen LogP contribution in [0, 0.1) is 11.6 Å². The van der Waals surface area contributed by atoms with Gasteiger partial charge in [0, 0.05) is 11.6 Å². The van der Waals surface area contributed by atoms with Crippen molar-refractivity contribution in [2.75, 3.05) is 19.6 Å². The van der Waals surface area contributed by atoms with E-state index in [4.69, 9.17) is 4.74 Å². The Morgan fingerprint density at radius 1 is 0.978 bits per heavy atom. The van der Waals surface area contributed by atoms with Crippen molar-refractivity contribution in [3.63, 3.8) is 0 Å². The highest BCUT2D eigenvalue weighted by Crippen LogP contribution is 2.36. The first kappa shape index (κ1) is 31.9. The Hall–Kier alpha value is -4.53. The van der Waals surface area contributed by atoms with Gasteiger partial charge in [-0.15, -0.1) is 0 Å². The molecular formula is C30H24F8N4O3. The maximum Gasteiger partial charge on any atom is 0.434 e. The van der Waals surface area contributed by atoms with E-state index < -0.39 is 59.3 Å². The molecule has 4 aromatic rings. The molecule has 3 heterocycles. The normalized spacial score (nSPS) is 14.9. The molecule has 1 aliphatic heterocycles. The lowest BCUT2D eigenvalue weighted by Gasteiger charge is -2.32. The summed E-state index contributed by atoms with van der Waals surface area (Å²) in [7, 11) is 0. The number of benzene rings is 2. The summed E-state index contributed by atoms with van der Waals surface area (Å²) in [5, 5.41) is 12.7. The molecule has 0 radical (unpaired) electrons. The molecule has 0 aliphatic carbocycles. The number of halogens is 8. The van der Waals surface area contributed by atoms with Gasteiger partial charge in [-0.3, -0.25) is 4.90 Å². The number of carboxylic acids is 1. The fourth-order valence-corrected chi connectivity index (χ4v) is 5.26. The van der Waals surface area contributed by atoms with Gasteiger partial charge in [0.1, 0.15) is 18.0 Å². The predicted molar refractivity (Wildman–Crippen MR) is 144 cm³/mol. The second-order valence-electron chi connectivity index (χ2n) is 10.5. The smallest absolute Gasteiger partial charge is 0.434 e. The van der Waals surface area contributed by atoms with Gasteiger partial charge in [0.05, 0.1) is 18.4 Å². The number of pyridine rings is 1. The summed E-state index contributed by atoms with van der Waals surface area (Å²) in [4.78, 5) is 16.8. The van der Waals surface area contributed by atoms with Gasteiger partial charge in [0.25, 0.3) is 0 Å². The number of carbonyl (C=O) groups is 1. The van der Waals surface area contributed by atoms with Crippen molar-refractivity contribution in [2.24, 2.45) is 0 Å². The van der Waals surface area contributed by atoms with Crippen LogP contribution in [0.3, 0.4) is 0 Å². The average molecular weight is 641 g/mol. The highest BCUT2D eigenvalue weighted by atomic mass is 19.4. The fourth-order valence-electron chi connectivity index (χ4n) is 5.26. The van der Waals surface area contributed by atoms with E-state index in [-0.39, 0.29) is 28.5 Å². The molecule has 15 heteroatoms. The van der Waals surface area contributed by atoms with E-state index in [1.54, 1.807) is 12.1 Å². The summed E-state index contributed by atoms with van der Waals surface area (Å²) in [6, 6.07) is 12.2. The SMILES string of the molecule is O=C(O)c1cnn(-c2cccc(-c3cc(F)cc(F)c3OCc3ccc(C4CCN(CC(F)(F)F)CC4)cc3)n2)c1C(F)(F)F. The van der Waals surface area contributed by atoms with Crippen LogP contribution in [0.25, 0.3) is 17.1 Å². The van der Waals surface area contributed by atoms with Crippen LogP contribution in [-0.4, -0.2) is 56.6 Å². The molecule has 2 aromatic heterocycles. The second-order valence-corrected chi connectivity index (χ2v) is 10.5. The average Bonchev–Trinajstić information content (AvgIpc) is 3.43. The maximum atomic E-state index is 15.0. The van der Waals surface area contributed by atoms with E-state index in [1.807, 2.05) is 12.1 Å². The number of hydrogen-bond acceptors (Lipinski definition) is 5. The summed E-state index contributed by atoms with van der Waals surface area (Å²) in [6.07, 6.45) is -7.72. The third-order valence-corrected chi connectivity index (χ3v) is 7.33. The van der Waals surface area contributed by atoms with Crippen molar-refractivity contribution < 1.29 is 49.8 Å². The van der Waals surface area contributed by atoms with Crippen LogP contribution in [0.15, 0.2) is 60.8 Å². The van der Waals surface area contributed by atoms with Gasteiger partial charge < -0.3 is 9.84 Å². The molecule has 0 atom stereocenters. The molecule has 238 valence electrons. The zero-order chi connectivity index (χ0) is 32.5. The van der Waals surface area contributed by atoms with Gasteiger partial charge in [0.2, 0.25) is 0 Å². The van der Waals surface area contributed by atoms with Crippen LogP contribution in [0.5, 0.6) is 5.75 Å². The van der Waals surface area contributed by atoms with Crippen molar-refractivity contribution in [1.82, 2.24) is 19.7 Å². The Kier molecular flexibility index (Phi) is 8.83. The summed E-state index contributed by atoms with van der Waals surface area (Å²) < 4.78 is 114. The predicted octanol–water partition coefficient (Wildman–Crippen LogP) is 7.25. The van der Waals surface area contributed by atoms with E-state index in [0.717, 1.165) is 17.7 Å². The van der Waals surface area contributed by atoms with Gasteiger partial charge in [-0.05, 0) is 61.2 Å². The summed E-state index contributed by atoms with van der Waals surface area (Å²) in [6.45, 7) is -0.495. The fraction of sp³-hybridized carbons (Fsp3) is 0.300. The highest BCUT2D eigenvalue weighted by Gasteiger charge is 2.41. The lowest BCUT2D eigenvalue weighted by Crippen LogP contribution is -2.39. The topological polar surface area (TPSA) is 80.5 Å². The van der Waals surface area contributed by atoms with Gasteiger partial charge in [0.15, 0.2) is 23.1 Å². The van der Waals surface area contributed by atoms with Crippen LogP contribution in [0.2, 0.25) is 0 Å². The van der Waals surface area contributed by atoms with Crippen LogP contribution in [0.4, 0.5) is 35.1 Å². The number of rotatable bonds is 8. The van der Waals surface area contributed by atoms with Crippen molar-refractivity contribution in [1.29, 1.82) is 0 Å². The lowest BCUT2D eigenvalue weighted by molar-refractivity contribution is -0.148. The maximum absolute atomic E-state index is 15.0. The van der Waals surface area contributed by atoms with Crippen molar-refractivity contribution >= 4 is 5.97 Å². The minimum Gasteiger partial charge on any atom is -0.485 e. The number of hydrogen-bond donors (Lipinski definition) is 1. The molecule has 0 saturated carbocycles. The molecule has 0 amide bonds. The first-order valence-electron chi connectivity index (χ1n) is 13.6. The van der Waals surface area contributed by atoms with Gasteiger partial charge in [-0.2, -0.15) is 31.4 Å².